The third-order valence-electron chi connectivity index (χ3n) is 1.77. The summed E-state index contributed by atoms with van der Waals surface area (Å²) in [6, 6.07) is 1.41. The molecule has 1 rings (SSSR count). The summed E-state index contributed by atoms with van der Waals surface area (Å²) >= 11 is 3.39. The first-order chi connectivity index (χ1) is 6.44. The molecule has 78 valence electrons. The highest BCUT2D eigenvalue weighted by Gasteiger charge is 2.20. The van der Waals surface area contributed by atoms with Crippen LogP contribution < -0.4 is 0 Å². The van der Waals surface area contributed by atoms with Crippen LogP contribution in [-0.2, 0) is 6.54 Å². The van der Waals surface area contributed by atoms with Gasteiger partial charge in [0, 0.05) is 5.33 Å². The number of nitrogens with zero attached hydrogens (tertiary/aromatic N) is 3. The summed E-state index contributed by atoms with van der Waals surface area (Å²) in [6.45, 7) is 4.79. The lowest BCUT2D eigenvalue weighted by atomic mass is 9.97. The van der Waals surface area contributed by atoms with E-state index in [1.807, 2.05) is 0 Å². The molecule has 0 amide bonds. The SMILES string of the molecule is CC(C)(CBr)Cn1ccc([N+](=O)[O-])n1. The van der Waals surface area contributed by atoms with Crippen molar-refractivity contribution in [2.45, 2.75) is 20.4 Å². The Labute approximate surface area is 90.4 Å². The molecule has 0 radical (unpaired) electrons. The number of halogens is 1. The largest absolute Gasteiger partial charge is 0.389 e. The molecule has 5 nitrogen and oxygen atoms in total. The van der Waals surface area contributed by atoms with Crippen LogP contribution in [0.1, 0.15) is 13.8 Å². The third-order valence-corrected chi connectivity index (χ3v) is 3.28. The van der Waals surface area contributed by atoms with E-state index in [1.54, 1.807) is 10.9 Å². The van der Waals surface area contributed by atoms with E-state index in [0.29, 0.717) is 6.54 Å². The van der Waals surface area contributed by atoms with Crippen molar-refractivity contribution in [3.05, 3.63) is 22.4 Å². The lowest BCUT2D eigenvalue weighted by Crippen LogP contribution is -2.21. The van der Waals surface area contributed by atoms with Gasteiger partial charge in [0.1, 0.15) is 0 Å². The van der Waals surface area contributed by atoms with Crippen molar-refractivity contribution in [3.8, 4) is 0 Å². The highest BCUT2D eigenvalue weighted by atomic mass is 79.9. The molecule has 6 heteroatoms. The van der Waals surface area contributed by atoms with Crippen molar-refractivity contribution in [1.29, 1.82) is 0 Å². The van der Waals surface area contributed by atoms with Crippen molar-refractivity contribution >= 4 is 21.7 Å². The molecule has 0 saturated carbocycles. The number of rotatable bonds is 4. The fraction of sp³-hybridized carbons (Fsp3) is 0.625. The normalized spacial score (nSPS) is 11.6. The Bertz CT molecular complexity index is 335. The van der Waals surface area contributed by atoms with Crippen LogP contribution in [-0.4, -0.2) is 20.0 Å². The van der Waals surface area contributed by atoms with E-state index in [4.69, 9.17) is 0 Å². The summed E-state index contributed by atoms with van der Waals surface area (Å²) < 4.78 is 1.60. The van der Waals surface area contributed by atoms with Crippen LogP contribution in [0.25, 0.3) is 0 Å². The molecule has 1 aromatic heterocycles. The Balaban J connectivity index is 2.73. The number of nitro groups is 1. The molecule has 1 aromatic rings. The molecule has 0 aliphatic heterocycles. The van der Waals surface area contributed by atoms with Gasteiger partial charge in [-0.2, -0.15) is 4.68 Å². The second-order valence-electron chi connectivity index (χ2n) is 3.93. The molecule has 0 fully saturated rings. The van der Waals surface area contributed by atoms with Gasteiger partial charge in [0.25, 0.3) is 0 Å². The molecule has 14 heavy (non-hydrogen) atoms. The minimum atomic E-state index is -0.488. The zero-order valence-corrected chi connectivity index (χ0v) is 9.69. The predicted octanol–water partition coefficient (Wildman–Crippen LogP) is 2.21. The Hall–Kier alpha value is -0.910. The fourth-order valence-corrected chi connectivity index (χ4v) is 1.19. The van der Waals surface area contributed by atoms with Crippen molar-refractivity contribution in [3.63, 3.8) is 0 Å². The summed E-state index contributed by atoms with van der Waals surface area (Å²) in [7, 11) is 0. The second-order valence-corrected chi connectivity index (χ2v) is 4.49. The molecular weight excluding hydrogens is 250 g/mol. The van der Waals surface area contributed by atoms with E-state index in [-0.39, 0.29) is 11.2 Å². The van der Waals surface area contributed by atoms with Gasteiger partial charge in [0.2, 0.25) is 0 Å². The molecule has 0 aromatic carbocycles. The first-order valence-electron chi connectivity index (χ1n) is 4.18. The zero-order valence-electron chi connectivity index (χ0n) is 8.11. The summed E-state index contributed by atoms with van der Waals surface area (Å²) in [6.07, 6.45) is 1.63. The summed E-state index contributed by atoms with van der Waals surface area (Å²) in [5.74, 6) is -0.102. The predicted molar refractivity (Wildman–Crippen MR) is 56.5 cm³/mol. The smallest absolute Gasteiger partial charge is 0.358 e. The van der Waals surface area contributed by atoms with E-state index in [1.165, 1.54) is 6.07 Å². The van der Waals surface area contributed by atoms with Crippen LogP contribution in [0.4, 0.5) is 5.82 Å². The molecule has 0 aliphatic rings. The number of aromatic nitrogens is 2. The van der Waals surface area contributed by atoms with Crippen molar-refractivity contribution < 1.29 is 4.92 Å². The summed E-state index contributed by atoms with van der Waals surface area (Å²) in [4.78, 5) is 9.88. The maximum absolute atomic E-state index is 10.4. The second kappa shape index (κ2) is 4.08. The number of hydrogen-bond acceptors (Lipinski definition) is 3. The van der Waals surface area contributed by atoms with Crippen LogP contribution in [0.15, 0.2) is 12.3 Å². The van der Waals surface area contributed by atoms with E-state index in [0.717, 1.165) is 5.33 Å². The molecule has 0 unspecified atom stereocenters. The van der Waals surface area contributed by atoms with Crippen LogP contribution in [0.3, 0.4) is 0 Å². The van der Waals surface area contributed by atoms with Crippen LogP contribution >= 0.6 is 15.9 Å². The number of hydrogen-bond donors (Lipinski definition) is 0. The molecule has 0 N–H and O–H groups in total. The molecule has 0 aliphatic carbocycles. The topological polar surface area (TPSA) is 61.0 Å². The number of alkyl halides is 1. The van der Waals surface area contributed by atoms with Gasteiger partial charge in [-0.1, -0.05) is 29.8 Å². The van der Waals surface area contributed by atoms with Gasteiger partial charge in [-0.3, -0.25) is 0 Å². The van der Waals surface area contributed by atoms with Gasteiger partial charge < -0.3 is 10.1 Å². The molecule has 0 bridgehead atoms. The Morgan fingerprint density at radius 1 is 1.71 bits per heavy atom. The first-order valence-corrected chi connectivity index (χ1v) is 5.30. The lowest BCUT2D eigenvalue weighted by molar-refractivity contribution is -0.389. The minimum absolute atomic E-state index is 0.0416. The molecule has 0 spiro atoms. The van der Waals surface area contributed by atoms with Crippen LogP contribution in [0, 0.1) is 15.5 Å². The minimum Gasteiger partial charge on any atom is -0.358 e. The van der Waals surface area contributed by atoms with Crippen LogP contribution in [0.5, 0.6) is 0 Å². The molecular formula is C8H12BrN3O2. The van der Waals surface area contributed by atoms with Gasteiger partial charge in [-0.15, -0.1) is 0 Å². The van der Waals surface area contributed by atoms with Gasteiger partial charge in [-0.05, 0) is 10.3 Å². The van der Waals surface area contributed by atoms with Crippen molar-refractivity contribution in [1.82, 2.24) is 9.78 Å². The third kappa shape index (κ3) is 2.80. The highest BCUT2D eigenvalue weighted by Crippen LogP contribution is 2.21. The maximum atomic E-state index is 10.4. The van der Waals surface area contributed by atoms with E-state index in [2.05, 4.69) is 34.9 Å². The monoisotopic (exact) mass is 261 g/mol. The quantitative estimate of drug-likeness (QED) is 0.474. The van der Waals surface area contributed by atoms with Gasteiger partial charge in [0.15, 0.2) is 0 Å². The highest BCUT2D eigenvalue weighted by molar-refractivity contribution is 9.09. The van der Waals surface area contributed by atoms with Gasteiger partial charge in [-0.25, -0.2) is 0 Å². The lowest BCUT2D eigenvalue weighted by Gasteiger charge is -2.19. The maximum Gasteiger partial charge on any atom is 0.389 e. The molecule has 0 atom stereocenters. The molecule has 0 saturated heterocycles. The van der Waals surface area contributed by atoms with Gasteiger partial charge in [0.05, 0.1) is 23.9 Å². The average molecular weight is 262 g/mol. The zero-order chi connectivity index (χ0) is 10.8. The first kappa shape index (κ1) is 11.2. The summed E-state index contributed by atoms with van der Waals surface area (Å²) in [5, 5.41) is 15.0. The summed E-state index contributed by atoms with van der Waals surface area (Å²) in [5.41, 5.74) is 0.0416. The fourth-order valence-electron chi connectivity index (χ4n) is 1.02. The Morgan fingerprint density at radius 2 is 2.36 bits per heavy atom. The van der Waals surface area contributed by atoms with Gasteiger partial charge >= 0.3 is 5.82 Å². The van der Waals surface area contributed by atoms with Crippen molar-refractivity contribution in [2.75, 3.05) is 5.33 Å². The Morgan fingerprint density at radius 3 is 2.79 bits per heavy atom. The Kier molecular flexibility index (Phi) is 3.25. The molecule has 1 heterocycles. The van der Waals surface area contributed by atoms with Crippen molar-refractivity contribution in [2.24, 2.45) is 5.41 Å². The average Bonchev–Trinajstić information content (AvgIpc) is 2.52. The standard InChI is InChI=1S/C8H12BrN3O2/c1-8(2,5-9)6-11-4-3-7(10-11)12(13)14/h3-4H,5-6H2,1-2H3. The van der Waals surface area contributed by atoms with E-state index in [9.17, 15) is 10.1 Å². The van der Waals surface area contributed by atoms with E-state index >= 15 is 0 Å². The van der Waals surface area contributed by atoms with Crippen LogP contribution in [0.2, 0.25) is 0 Å². The van der Waals surface area contributed by atoms with E-state index < -0.39 is 4.92 Å².